The molecule has 0 saturated carbocycles. The van der Waals surface area contributed by atoms with E-state index in [0.717, 1.165) is 23.5 Å². The molecule has 11 heteroatoms. The molecule has 2 aromatic heterocycles. The van der Waals surface area contributed by atoms with E-state index < -0.39 is 11.7 Å². The van der Waals surface area contributed by atoms with E-state index in [1.165, 1.54) is 12.1 Å². The number of hydrogen-bond acceptors (Lipinski definition) is 6. The van der Waals surface area contributed by atoms with Gasteiger partial charge in [0.25, 0.3) is 0 Å². The van der Waals surface area contributed by atoms with Gasteiger partial charge in [-0.15, -0.1) is 0 Å². The lowest BCUT2D eigenvalue weighted by molar-refractivity contribution is -0.137. The normalized spacial score (nSPS) is 11.8. The molecule has 29 heavy (non-hydrogen) atoms. The predicted octanol–water partition coefficient (Wildman–Crippen LogP) is 6.40. The number of fused-ring (bicyclic) bond motifs is 1. The van der Waals surface area contributed by atoms with Crippen LogP contribution >= 0.6 is 34.5 Å². The van der Waals surface area contributed by atoms with Gasteiger partial charge < -0.3 is 11.1 Å². The largest absolute Gasteiger partial charge is 0.416 e. The summed E-state index contributed by atoms with van der Waals surface area (Å²) in [6.07, 6.45) is -4.42. The van der Waals surface area contributed by atoms with Crippen LogP contribution < -0.4 is 11.1 Å². The average molecular weight is 456 g/mol. The van der Waals surface area contributed by atoms with Crippen molar-refractivity contribution in [3.05, 3.63) is 58.1 Å². The van der Waals surface area contributed by atoms with Gasteiger partial charge in [0.05, 0.1) is 21.2 Å². The third-order valence-electron chi connectivity index (χ3n) is 3.94. The highest BCUT2D eigenvalue weighted by molar-refractivity contribution is 7.21. The lowest BCUT2D eigenvalue weighted by Crippen LogP contribution is -2.05. The third kappa shape index (κ3) is 3.93. The summed E-state index contributed by atoms with van der Waals surface area (Å²) < 4.78 is 38.4. The molecule has 0 aliphatic rings. The quantitative estimate of drug-likeness (QED) is 0.373. The van der Waals surface area contributed by atoms with Crippen molar-refractivity contribution < 1.29 is 13.2 Å². The summed E-state index contributed by atoms with van der Waals surface area (Å²) in [6, 6.07) is 9.55. The molecule has 0 spiro atoms. The van der Waals surface area contributed by atoms with Crippen molar-refractivity contribution in [3.8, 4) is 11.4 Å². The van der Waals surface area contributed by atoms with Crippen molar-refractivity contribution >= 4 is 61.5 Å². The second-order valence-corrected chi connectivity index (χ2v) is 7.72. The Kier molecular flexibility index (Phi) is 4.97. The Balaban J connectivity index is 1.81. The summed E-state index contributed by atoms with van der Waals surface area (Å²) in [5.74, 6) is 0.514. The van der Waals surface area contributed by atoms with Crippen molar-refractivity contribution in [3.63, 3.8) is 0 Å². The van der Waals surface area contributed by atoms with E-state index in [9.17, 15) is 13.2 Å². The number of thiazole rings is 1. The standard InChI is InChI=1S/C18H10Cl2F3N5S/c19-10-2-1-3-11(20)12(10)14-27-15(13-16(28-14)29-17(24)26-13)25-9-6-4-8(5-7-9)18(21,22)23/h1-7H,(H2,24,26)(H,25,27,28). The minimum atomic E-state index is -4.42. The van der Waals surface area contributed by atoms with Crippen LogP contribution in [0.15, 0.2) is 42.5 Å². The highest BCUT2D eigenvalue weighted by Gasteiger charge is 2.30. The molecule has 0 atom stereocenters. The van der Waals surface area contributed by atoms with Gasteiger partial charge in [0, 0.05) is 5.69 Å². The number of aromatic nitrogens is 3. The van der Waals surface area contributed by atoms with Gasteiger partial charge in [-0.1, -0.05) is 40.6 Å². The number of hydrogen-bond donors (Lipinski definition) is 2. The number of nitrogens with two attached hydrogens (primary N) is 1. The Morgan fingerprint density at radius 3 is 2.21 bits per heavy atom. The second kappa shape index (κ2) is 7.33. The number of benzene rings is 2. The second-order valence-electron chi connectivity index (χ2n) is 5.90. The Morgan fingerprint density at radius 2 is 1.59 bits per heavy atom. The van der Waals surface area contributed by atoms with Crippen LogP contribution in [0.5, 0.6) is 0 Å². The molecule has 0 aliphatic heterocycles. The van der Waals surface area contributed by atoms with E-state index in [1.54, 1.807) is 18.2 Å². The average Bonchev–Trinajstić information content (AvgIpc) is 3.02. The van der Waals surface area contributed by atoms with Gasteiger partial charge >= 0.3 is 6.18 Å². The first-order valence-corrected chi connectivity index (χ1v) is 9.62. The zero-order valence-corrected chi connectivity index (χ0v) is 16.6. The summed E-state index contributed by atoms with van der Waals surface area (Å²) in [5, 5.41) is 3.96. The van der Waals surface area contributed by atoms with Crippen molar-refractivity contribution in [1.82, 2.24) is 15.0 Å². The maximum absolute atomic E-state index is 12.8. The Morgan fingerprint density at radius 1 is 0.931 bits per heavy atom. The lowest BCUT2D eigenvalue weighted by atomic mass is 10.2. The van der Waals surface area contributed by atoms with Crippen LogP contribution in [0.4, 0.5) is 29.8 Å². The van der Waals surface area contributed by atoms with Crippen molar-refractivity contribution in [2.24, 2.45) is 0 Å². The van der Waals surface area contributed by atoms with E-state index in [0.29, 0.717) is 31.6 Å². The zero-order chi connectivity index (χ0) is 20.8. The molecule has 0 saturated heterocycles. The molecule has 2 aromatic carbocycles. The van der Waals surface area contributed by atoms with Gasteiger partial charge in [-0.2, -0.15) is 13.2 Å². The Labute approximate surface area is 176 Å². The topological polar surface area (TPSA) is 76.7 Å². The Hall–Kier alpha value is -2.62. The molecule has 0 amide bonds. The highest BCUT2D eigenvalue weighted by Crippen LogP contribution is 2.37. The van der Waals surface area contributed by atoms with Crippen LogP contribution in [0.1, 0.15) is 5.56 Å². The maximum atomic E-state index is 12.8. The van der Waals surface area contributed by atoms with E-state index in [1.807, 2.05) is 0 Å². The van der Waals surface area contributed by atoms with Crippen molar-refractivity contribution in [2.75, 3.05) is 11.1 Å². The lowest BCUT2D eigenvalue weighted by Gasteiger charge is -2.11. The summed E-state index contributed by atoms with van der Waals surface area (Å²) in [7, 11) is 0. The minimum Gasteiger partial charge on any atom is -0.375 e. The summed E-state index contributed by atoms with van der Waals surface area (Å²) in [5.41, 5.74) is 6.26. The first kappa shape index (κ1) is 19.7. The molecule has 0 bridgehead atoms. The number of nitrogen functional groups attached to an aromatic ring is 1. The molecule has 2 heterocycles. The SMILES string of the molecule is Nc1nc2c(Nc3ccc(C(F)(F)F)cc3)nc(-c3c(Cl)cccc3Cl)nc2s1. The number of rotatable bonds is 3. The molecule has 4 rings (SSSR count). The molecular weight excluding hydrogens is 446 g/mol. The fraction of sp³-hybridized carbons (Fsp3) is 0.0556. The minimum absolute atomic E-state index is 0.242. The predicted molar refractivity (Wildman–Crippen MR) is 110 cm³/mol. The third-order valence-corrected chi connectivity index (χ3v) is 5.34. The van der Waals surface area contributed by atoms with Crippen LogP contribution in [-0.4, -0.2) is 15.0 Å². The summed E-state index contributed by atoms with van der Waals surface area (Å²) >= 11 is 13.7. The van der Waals surface area contributed by atoms with Crippen LogP contribution in [0.2, 0.25) is 10.0 Å². The highest BCUT2D eigenvalue weighted by atomic mass is 35.5. The van der Waals surface area contributed by atoms with Gasteiger partial charge in [-0.25, -0.2) is 15.0 Å². The summed E-state index contributed by atoms with van der Waals surface area (Å²) in [4.78, 5) is 13.6. The van der Waals surface area contributed by atoms with Crippen LogP contribution in [-0.2, 0) is 6.18 Å². The van der Waals surface area contributed by atoms with Gasteiger partial charge in [0.2, 0.25) is 0 Å². The van der Waals surface area contributed by atoms with Crippen molar-refractivity contribution in [1.29, 1.82) is 0 Å². The number of nitrogens with one attached hydrogen (secondary N) is 1. The number of alkyl halides is 3. The molecular formula is C18H10Cl2F3N5S. The molecule has 5 nitrogen and oxygen atoms in total. The first-order chi connectivity index (χ1) is 13.7. The van der Waals surface area contributed by atoms with E-state index in [2.05, 4.69) is 20.3 Å². The fourth-order valence-corrected chi connectivity index (χ4v) is 3.90. The van der Waals surface area contributed by atoms with Gasteiger partial charge in [0.15, 0.2) is 21.6 Å². The van der Waals surface area contributed by atoms with Gasteiger partial charge in [-0.3, -0.25) is 0 Å². The number of nitrogens with zero attached hydrogens (tertiary/aromatic N) is 3. The monoisotopic (exact) mass is 455 g/mol. The summed E-state index contributed by atoms with van der Waals surface area (Å²) in [6.45, 7) is 0. The van der Waals surface area contributed by atoms with Crippen molar-refractivity contribution in [2.45, 2.75) is 6.18 Å². The molecule has 0 radical (unpaired) electrons. The molecule has 148 valence electrons. The van der Waals surface area contributed by atoms with E-state index >= 15 is 0 Å². The zero-order valence-electron chi connectivity index (χ0n) is 14.3. The Bertz CT molecular complexity index is 1190. The molecule has 0 fully saturated rings. The van der Waals surface area contributed by atoms with E-state index in [-0.39, 0.29) is 16.8 Å². The number of halogens is 5. The molecule has 0 unspecified atom stereocenters. The van der Waals surface area contributed by atoms with Gasteiger partial charge in [-0.05, 0) is 36.4 Å². The molecule has 3 N–H and O–H groups in total. The smallest absolute Gasteiger partial charge is 0.375 e. The molecule has 4 aromatic rings. The van der Waals surface area contributed by atoms with Crippen LogP contribution in [0, 0.1) is 0 Å². The van der Waals surface area contributed by atoms with E-state index in [4.69, 9.17) is 28.9 Å². The van der Waals surface area contributed by atoms with Gasteiger partial charge in [0.1, 0.15) is 5.52 Å². The maximum Gasteiger partial charge on any atom is 0.416 e. The first-order valence-electron chi connectivity index (χ1n) is 8.05. The van der Waals surface area contributed by atoms with Crippen LogP contribution in [0.25, 0.3) is 21.7 Å². The molecule has 0 aliphatic carbocycles. The van der Waals surface area contributed by atoms with Crippen LogP contribution in [0.3, 0.4) is 0 Å². The fourth-order valence-electron chi connectivity index (χ4n) is 2.63. The number of anilines is 3.